The quantitative estimate of drug-likeness (QED) is 0.588. The first-order valence-corrected chi connectivity index (χ1v) is 10.1. The van der Waals surface area contributed by atoms with Crippen LogP contribution in [0.1, 0.15) is 57.6 Å². The maximum Gasteiger partial charge on any atom is 0.135 e. The second-order valence-electron chi connectivity index (χ2n) is 7.79. The van der Waals surface area contributed by atoms with Gasteiger partial charge in [-0.05, 0) is 48.6 Å². The lowest BCUT2D eigenvalue weighted by Gasteiger charge is -2.25. The molecule has 2 rings (SSSR count). The molecule has 0 saturated heterocycles. The van der Waals surface area contributed by atoms with Crippen molar-refractivity contribution in [3.05, 3.63) is 47.4 Å². The highest BCUT2D eigenvalue weighted by atomic mass is 16.5. The molecule has 1 N–H and O–H groups in total. The molecule has 1 aromatic heterocycles. The number of nitrogens with zero attached hydrogens (tertiary/aromatic N) is 1. The van der Waals surface area contributed by atoms with E-state index in [-0.39, 0.29) is 0 Å². The highest BCUT2D eigenvalue weighted by molar-refractivity contribution is 5.38. The second kappa shape index (κ2) is 9.99. The monoisotopic (exact) mass is 389 g/mol. The number of ether oxygens (including phenoxy) is 2. The topological polar surface area (TPSA) is 55.1 Å². The van der Waals surface area contributed by atoms with Gasteiger partial charge in [0.25, 0.3) is 0 Å². The van der Waals surface area contributed by atoms with Gasteiger partial charge in [0.2, 0.25) is 0 Å². The average Bonchev–Trinajstić information content (AvgIpc) is 3.15. The van der Waals surface area contributed by atoms with Crippen LogP contribution in [0.5, 0.6) is 11.5 Å². The molecule has 0 saturated carbocycles. The van der Waals surface area contributed by atoms with Crippen LogP contribution in [0.4, 0.5) is 0 Å². The summed E-state index contributed by atoms with van der Waals surface area (Å²) in [5, 5.41) is 10.7. The summed E-state index contributed by atoms with van der Waals surface area (Å²) in [6.07, 6.45) is 1.27. The number of hydrogen-bond acceptors (Lipinski definition) is 5. The van der Waals surface area contributed by atoms with E-state index in [2.05, 4.69) is 18.7 Å². The molecule has 0 amide bonds. The zero-order valence-electron chi connectivity index (χ0n) is 18.1. The maximum absolute atomic E-state index is 10.7. The summed E-state index contributed by atoms with van der Waals surface area (Å²) >= 11 is 0. The SMILES string of the molecule is CCC(O)(CC)c1ccc(CN(Cc2cc(OC)cc(OC)c2)CC(C)C)o1. The Labute approximate surface area is 169 Å². The summed E-state index contributed by atoms with van der Waals surface area (Å²) in [5.74, 6) is 3.61. The van der Waals surface area contributed by atoms with E-state index >= 15 is 0 Å². The van der Waals surface area contributed by atoms with Gasteiger partial charge >= 0.3 is 0 Å². The summed E-state index contributed by atoms with van der Waals surface area (Å²) in [5.41, 5.74) is 0.239. The standard InChI is InChI=1S/C23H35NO4/c1-7-23(25,8-2)22-10-9-19(28-22)16-24(14-17(3)4)15-18-11-20(26-5)13-21(12-18)27-6/h9-13,17,25H,7-8,14-16H2,1-6H3. The molecule has 0 atom stereocenters. The third kappa shape index (κ3) is 5.76. The summed E-state index contributed by atoms with van der Waals surface area (Å²) in [4.78, 5) is 2.35. The van der Waals surface area contributed by atoms with Gasteiger partial charge in [0.1, 0.15) is 28.6 Å². The van der Waals surface area contributed by atoms with E-state index in [1.807, 2.05) is 44.2 Å². The van der Waals surface area contributed by atoms with Gasteiger partial charge in [0.05, 0.1) is 20.8 Å². The molecule has 0 radical (unpaired) electrons. The largest absolute Gasteiger partial charge is 0.497 e. The molecule has 1 heterocycles. The fourth-order valence-corrected chi connectivity index (χ4v) is 3.45. The number of aliphatic hydroxyl groups is 1. The Bertz CT molecular complexity index is 712. The first-order valence-electron chi connectivity index (χ1n) is 10.1. The van der Waals surface area contributed by atoms with Gasteiger partial charge < -0.3 is 19.0 Å². The van der Waals surface area contributed by atoms with Crippen LogP contribution in [-0.4, -0.2) is 30.8 Å². The lowest BCUT2D eigenvalue weighted by Crippen LogP contribution is -2.27. The van der Waals surface area contributed by atoms with Crippen LogP contribution >= 0.6 is 0 Å². The van der Waals surface area contributed by atoms with Crippen molar-refractivity contribution in [2.24, 2.45) is 5.92 Å². The molecule has 0 bridgehead atoms. The molecule has 0 aliphatic heterocycles. The van der Waals surface area contributed by atoms with Crippen LogP contribution in [0.25, 0.3) is 0 Å². The van der Waals surface area contributed by atoms with E-state index < -0.39 is 5.60 Å². The minimum Gasteiger partial charge on any atom is -0.497 e. The Hall–Kier alpha value is -1.98. The molecule has 5 nitrogen and oxygen atoms in total. The molecular formula is C23H35NO4. The molecule has 0 fully saturated rings. The van der Waals surface area contributed by atoms with Gasteiger partial charge in [-0.3, -0.25) is 4.90 Å². The summed E-state index contributed by atoms with van der Waals surface area (Å²) in [6.45, 7) is 10.7. The third-order valence-corrected chi connectivity index (χ3v) is 5.11. The normalized spacial score (nSPS) is 12.0. The Kier molecular flexibility index (Phi) is 7.96. The van der Waals surface area contributed by atoms with E-state index in [0.717, 1.165) is 35.9 Å². The molecule has 0 aliphatic rings. The fourth-order valence-electron chi connectivity index (χ4n) is 3.45. The summed E-state index contributed by atoms with van der Waals surface area (Å²) in [7, 11) is 3.33. The Morgan fingerprint density at radius 3 is 2.11 bits per heavy atom. The van der Waals surface area contributed by atoms with Crippen molar-refractivity contribution in [3.63, 3.8) is 0 Å². The van der Waals surface area contributed by atoms with Crippen molar-refractivity contribution in [1.82, 2.24) is 4.90 Å². The van der Waals surface area contributed by atoms with Crippen LogP contribution in [0.2, 0.25) is 0 Å². The van der Waals surface area contributed by atoms with E-state index in [1.54, 1.807) is 14.2 Å². The molecule has 28 heavy (non-hydrogen) atoms. The predicted octanol–water partition coefficient (Wildman–Crippen LogP) is 4.96. The summed E-state index contributed by atoms with van der Waals surface area (Å²) in [6, 6.07) is 9.84. The van der Waals surface area contributed by atoms with Gasteiger partial charge in [-0.2, -0.15) is 0 Å². The van der Waals surface area contributed by atoms with Crippen molar-refractivity contribution in [3.8, 4) is 11.5 Å². The molecule has 2 aromatic rings. The zero-order chi connectivity index (χ0) is 20.7. The molecule has 5 heteroatoms. The lowest BCUT2D eigenvalue weighted by atomic mass is 9.95. The van der Waals surface area contributed by atoms with Crippen molar-refractivity contribution >= 4 is 0 Å². The molecule has 1 aromatic carbocycles. The molecule has 156 valence electrons. The van der Waals surface area contributed by atoms with Crippen molar-refractivity contribution in [1.29, 1.82) is 0 Å². The van der Waals surface area contributed by atoms with Crippen LogP contribution in [0, 0.1) is 5.92 Å². The van der Waals surface area contributed by atoms with E-state index in [0.29, 0.717) is 31.1 Å². The van der Waals surface area contributed by atoms with E-state index in [4.69, 9.17) is 13.9 Å². The first kappa shape index (κ1) is 22.3. The Morgan fingerprint density at radius 2 is 1.61 bits per heavy atom. The smallest absolute Gasteiger partial charge is 0.135 e. The van der Waals surface area contributed by atoms with Crippen molar-refractivity contribution < 1.29 is 19.0 Å². The first-order chi connectivity index (χ1) is 13.3. The molecule has 0 aliphatic carbocycles. The van der Waals surface area contributed by atoms with Crippen LogP contribution < -0.4 is 9.47 Å². The van der Waals surface area contributed by atoms with Gasteiger partial charge in [-0.25, -0.2) is 0 Å². The molecule has 0 unspecified atom stereocenters. The lowest BCUT2D eigenvalue weighted by molar-refractivity contribution is 0.00512. The zero-order valence-corrected chi connectivity index (χ0v) is 18.1. The number of rotatable bonds is 11. The highest BCUT2D eigenvalue weighted by Gasteiger charge is 2.28. The van der Waals surface area contributed by atoms with Crippen LogP contribution in [0.3, 0.4) is 0 Å². The molecular weight excluding hydrogens is 354 g/mol. The van der Waals surface area contributed by atoms with Gasteiger partial charge in [0.15, 0.2) is 0 Å². The van der Waals surface area contributed by atoms with Crippen LogP contribution in [0.15, 0.2) is 34.7 Å². The highest BCUT2D eigenvalue weighted by Crippen LogP contribution is 2.30. The fraction of sp³-hybridized carbons (Fsp3) is 0.565. The van der Waals surface area contributed by atoms with Gasteiger partial charge in [0, 0.05) is 19.2 Å². The van der Waals surface area contributed by atoms with E-state index in [9.17, 15) is 5.11 Å². The van der Waals surface area contributed by atoms with E-state index in [1.165, 1.54) is 0 Å². The number of methoxy groups -OCH3 is 2. The van der Waals surface area contributed by atoms with Gasteiger partial charge in [-0.15, -0.1) is 0 Å². The Balaban J connectivity index is 2.20. The minimum atomic E-state index is -0.888. The van der Waals surface area contributed by atoms with Crippen molar-refractivity contribution in [2.75, 3.05) is 20.8 Å². The van der Waals surface area contributed by atoms with Gasteiger partial charge in [-0.1, -0.05) is 27.7 Å². The van der Waals surface area contributed by atoms with Crippen LogP contribution in [-0.2, 0) is 18.7 Å². The molecule has 0 spiro atoms. The minimum absolute atomic E-state index is 0.519. The predicted molar refractivity (Wildman–Crippen MR) is 112 cm³/mol. The third-order valence-electron chi connectivity index (χ3n) is 5.11. The maximum atomic E-state index is 10.7. The van der Waals surface area contributed by atoms with Crippen molar-refractivity contribution in [2.45, 2.75) is 59.2 Å². The number of hydrogen-bond donors (Lipinski definition) is 1. The number of benzene rings is 1. The second-order valence-corrected chi connectivity index (χ2v) is 7.79. The summed E-state index contributed by atoms with van der Waals surface area (Å²) < 4.78 is 16.8. The Morgan fingerprint density at radius 1 is 1.00 bits per heavy atom. The average molecular weight is 390 g/mol. The number of furan rings is 1.